The number of ether oxygens (including phenoxy) is 1. The van der Waals surface area contributed by atoms with Crippen molar-refractivity contribution in [2.45, 2.75) is 13.3 Å². The number of hydrogen-bond acceptors (Lipinski definition) is 2. The molecule has 0 aromatic heterocycles. The fourth-order valence-electron chi connectivity index (χ4n) is 1.78. The summed E-state index contributed by atoms with van der Waals surface area (Å²) in [4.78, 5) is 12.0. The molecule has 0 fully saturated rings. The van der Waals surface area contributed by atoms with Gasteiger partial charge in [-0.3, -0.25) is 4.79 Å². The Labute approximate surface area is 131 Å². The number of carbonyl (C=O) groups excluding carboxylic acids is 1. The van der Waals surface area contributed by atoms with Gasteiger partial charge in [0.05, 0.1) is 0 Å². The van der Waals surface area contributed by atoms with Gasteiger partial charge in [0, 0.05) is 15.1 Å². The molecule has 2 nitrogen and oxygen atoms in total. The molecule has 2 rings (SSSR count). The fourth-order valence-corrected chi connectivity index (χ4v) is 2.30. The van der Waals surface area contributed by atoms with Crippen molar-refractivity contribution in [2.24, 2.45) is 0 Å². The molecule has 0 aliphatic carbocycles. The average molecular weight is 354 g/mol. The van der Waals surface area contributed by atoms with Crippen LogP contribution in [0, 0.1) is 0 Å². The monoisotopic (exact) mass is 352 g/mol. The van der Waals surface area contributed by atoms with E-state index in [0.717, 1.165) is 21.5 Å². The maximum atomic E-state index is 12.0. The lowest BCUT2D eigenvalue weighted by Crippen LogP contribution is -2.11. The smallest absolute Gasteiger partial charge is 0.200 e. The standard InChI is InChI=1S/C16H14BrClO2/c1-2-11-9-14(7-8-15(11)18)20-10-16(19)12-3-5-13(17)6-4-12/h3-9H,2,10H2,1H3. The van der Waals surface area contributed by atoms with Gasteiger partial charge in [-0.25, -0.2) is 0 Å². The molecule has 0 aliphatic rings. The Morgan fingerprint density at radius 1 is 1.20 bits per heavy atom. The molecule has 0 amide bonds. The van der Waals surface area contributed by atoms with Crippen LogP contribution in [0.1, 0.15) is 22.8 Å². The van der Waals surface area contributed by atoms with E-state index < -0.39 is 0 Å². The summed E-state index contributed by atoms with van der Waals surface area (Å²) >= 11 is 9.38. The molecular weight excluding hydrogens is 340 g/mol. The minimum absolute atomic E-state index is 0.0203. The molecule has 0 saturated heterocycles. The third kappa shape index (κ3) is 3.84. The van der Waals surface area contributed by atoms with Crippen LogP contribution in [-0.2, 0) is 6.42 Å². The third-order valence-electron chi connectivity index (χ3n) is 2.93. The zero-order chi connectivity index (χ0) is 14.5. The van der Waals surface area contributed by atoms with Gasteiger partial charge in [0.2, 0.25) is 0 Å². The van der Waals surface area contributed by atoms with Crippen molar-refractivity contribution in [3.63, 3.8) is 0 Å². The molecule has 0 atom stereocenters. The Balaban J connectivity index is 2.01. The summed E-state index contributed by atoms with van der Waals surface area (Å²) < 4.78 is 6.47. The van der Waals surface area contributed by atoms with Crippen LogP contribution in [0.4, 0.5) is 0 Å². The van der Waals surface area contributed by atoms with Crippen molar-refractivity contribution in [1.82, 2.24) is 0 Å². The highest BCUT2D eigenvalue weighted by Crippen LogP contribution is 2.22. The molecule has 0 aliphatic heterocycles. The zero-order valence-electron chi connectivity index (χ0n) is 11.0. The van der Waals surface area contributed by atoms with Crippen molar-refractivity contribution < 1.29 is 9.53 Å². The first kappa shape index (κ1) is 15.1. The highest BCUT2D eigenvalue weighted by molar-refractivity contribution is 9.10. The lowest BCUT2D eigenvalue weighted by atomic mass is 10.1. The van der Waals surface area contributed by atoms with Crippen molar-refractivity contribution in [3.8, 4) is 5.75 Å². The number of aryl methyl sites for hydroxylation is 1. The van der Waals surface area contributed by atoms with E-state index in [1.54, 1.807) is 24.3 Å². The van der Waals surface area contributed by atoms with E-state index in [1.165, 1.54) is 0 Å². The molecule has 0 N–H and O–H groups in total. The summed E-state index contributed by atoms with van der Waals surface area (Å²) in [5.41, 5.74) is 1.65. The number of hydrogen-bond donors (Lipinski definition) is 0. The SMILES string of the molecule is CCc1cc(OCC(=O)c2ccc(Br)cc2)ccc1Cl. The minimum atomic E-state index is -0.0505. The van der Waals surface area contributed by atoms with E-state index in [4.69, 9.17) is 16.3 Å². The van der Waals surface area contributed by atoms with Crippen LogP contribution in [0.25, 0.3) is 0 Å². The molecule has 0 heterocycles. The maximum absolute atomic E-state index is 12.0. The van der Waals surface area contributed by atoms with Gasteiger partial charge in [-0.1, -0.05) is 46.6 Å². The van der Waals surface area contributed by atoms with Gasteiger partial charge < -0.3 is 4.74 Å². The summed E-state index contributed by atoms with van der Waals surface area (Å²) in [5.74, 6) is 0.613. The first-order valence-corrected chi connectivity index (χ1v) is 7.47. The van der Waals surface area contributed by atoms with Crippen LogP contribution in [0.3, 0.4) is 0 Å². The van der Waals surface area contributed by atoms with Crippen molar-refractivity contribution >= 4 is 33.3 Å². The first-order chi connectivity index (χ1) is 9.60. The summed E-state index contributed by atoms with van der Waals surface area (Å²) in [6.07, 6.45) is 0.830. The Morgan fingerprint density at radius 2 is 1.90 bits per heavy atom. The Morgan fingerprint density at radius 3 is 2.55 bits per heavy atom. The quantitative estimate of drug-likeness (QED) is 0.713. The van der Waals surface area contributed by atoms with E-state index in [2.05, 4.69) is 15.9 Å². The molecule has 2 aromatic rings. The van der Waals surface area contributed by atoms with Crippen molar-refractivity contribution in [1.29, 1.82) is 0 Å². The van der Waals surface area contributed by atoms with Gasteiger partial charge in [0.15, 0.2) is 12.4 Å². The van der Waals surface area contributed by atoms with Crippen LogP contribution in [0.5, 0.6) is 5.75 Å². The molecule has 104 valence electrons. The summed E-state index contributed by atoms with van der Waals surface area (Å²) in [7, 11) is 0. The van der Waals surface area contributed by atoms with E-state index in [9.17, 15) is 4.79 Å². The van der Waals surface area contributed by atoms with Crippen molar-refractivity contribution in [2.75, 3.05) is 6.61 Å². The lowest BCUT2D eigenvalue weighted by molar-refractivity contribution is 0.0921. The van der Waals surface area contributed by atoms with Crippen LogP contribution < -0.4 is 4.74 Å². The molecular formula is C16H14BrClO2. The highest BCUT2D eigenvalue weighted by atomic mass is 79.9. The van der Waals surface area contributed by atoms with E-state index >= 15 is 0 Å². The molecule has 0 bridgehead atoms. The number of carbonyl (C=O) groups is 1. The molecule has 0 unspecified atom stereocenters. The predicted octanol–water partition coefficient (Wildman–Crippen LogP) is 4.93. The molecule has 2 aromatic carbocycles. The molecule has 0 radical (unpaired) electrons. The normalized spacial score (nSPS) is 10.3. The van der Waals surface area contributed by atoms with Gasteiger partial charge in [-0.2, -0.15) is 0 Å². The van der Waals surface area contributed by atoms with Crippen molar-refractivity contribution in [3.05, 3.63) is 63.1 Å². The number of Topliss-reactive ketones (excluding diaryl/α,β-unsaturated/α-hetero) is 1. The largest absolute Gasteiger partial charge is 0.485 e. The predicted molar refractivity (Wildman–Crippen MR) is 84.8 cm³/mol. The molecule has 0 spiro atoms. The second-order valence-electron chi connectivity index (χ2n) is 4.33. The number of halogens is 2. The van der Waals surface area contributed by atoms with Gasteiger partial charge in [0.1, 0.15) is 5.75 Å². The molecule has 4 heteroatoms. The summed E-state index contributed by atoms with van der Waals surface area (Å²) in [5, 5.41) is 0.721. The van der Waals surface area contributed by atoms with E-state index in [0.29, 0.717) is 11.3 Å². The minimum Gasteiger partial charge on any atom is -0.485 e. The van der Waals surface area contributed by atoms with Crippen LogP contribution in [0.2, 0.25) is 5.02 Å². The summed E-state index contributed by atoms with van der Waals surface area (Å²) in [6, 6.07) is 12.7. The number of rotatable bonds is 5. The topological polar surface area (TPSA) is 26.3 Å². The number of benzene rings is 2. The maximum Gasteiger partial charge on any atom is 0.200 e. The highest BCUT2D eigenvalue weighted by Gasteiger charge is 2.07. The summed E-state index contributed by atoms with van der Waals surface area (Å²) in [6.45, 7) is 2.05. The van der Waals surface area contributed by atoms with E-state index in [1.807, 2.05) is 25.1 Å². The fraction of sp³-hybridized carbons (Fsp3) is 0.188. The number of ketones is 1. The zero-order valence-corrected chi connectivity index (χ0v) is 13.4. The third-order valence-corrected chi connectivity index (χ3v) is 3.83. The van der Waals surface area contributed by atoms with Crippen LogP contribution >= 0.6 is 27.5 Å². The van der Waals surface area contributed by atoms with Crippen LogP contribution in [-0.4, -0.2) is 12.4 Å². The van der Waals surface area contributed by atoms with Gasteiger partial charge >= 0.3 is 0 Å². The van der Waals surface area contributed by atoms with Gasteiger partial charge in [-0.15, -0.1) is 0 Å². The molecule has 0 saturated carbocycles. The average Bonchev–Trinajstić information content (AvgIpc) is 2.46. The second kappa shape index (κ2) is 6.91. The van der Waals surface area contributed by atoms with Gasteiger partial charge in [-0.05, 0) is 42.3 Å². The lowest BCUT2D eigenvalue weighted by Gasteiger charge is -2.08. The van der Waals surface area contributed by atoms with Crippen LogP contribution in [0.15, 0.2) is 46.9 Å². The molecule has 20 heavy (non-hydrogen) atoms. The Hall–Kier alpha value is -1.32. The van der Waals surface area contributed by atoms with Gasteiger partial charge in [0.25, 0.3) is 0 Å². The van der Waals surface area contributed by atoms with E-state index in [-0.39, 0.29) is 12.4 Å². The second-order valence-corrected chi connectivity index (χ2v) is 5.65. The first-order valence-electron chi connectivity index (χ1n) is 6.30. The Bertz CT molecular complexity index is 608. The Kier molecular flexibility index (Phi) is 5.21.